The van der Waals surface area contributed by atoms with Crippen LogP contribution in [-0.4, -0.2) is 142 Å². The Morgan fingerprint density at radius 3 is 1.39 bits per heavy atom. The van der Waals surface area contributed by atoms with Crippen LogP contribution in [0.2, 0.25) is 0 Å². The van der Waals surface area contributed by atoms with Crippen molar-refractivity contribution in [3.63, 3.8) is 0 Å². The smallest absolute Gasteiger partial charge is 0.306 e. The molecule has 2 aliphatic heterocycles. The summed E-state index contributed by atoms with van der Waals surface area (Å²) in [6, 6.07) is 0. The summed E-state index contributed by atoms with van der Waals surface area (Å²) in [6.45, 7) is 2.45. The zero-order valence-electron chi connectivity index (χ0n) is 43.7. The third-order valence-electron chi connectivity index (χ3n) is 13.2. The molecule has 0 aromatic rings. The second-order valence-corrected chi connectivity index (χ2v) is 19.5. The number of aliphatic hydroxyl groups is 7. The van der Waals surface area contributed by atoms with Crippen molar-refractivity contribution >= 4 is 11.9 Å². The first-order valence-electron chi connectivity index (χ1n) is 27.8. The van der Waals surface area contributed by atoms with Gasteiger partial charge in [-0.1, -0.05) is 204 Å². The molecular weight excluding hydrogens is 913 g/mol. The SMILES string of the molecule is CC/C=C/C=C/C=C/C=C/CCCCCCCC(=O)O[C@@H](COC(=O)CCCCCCCCCCCCCCCCCCCCCC)CO[C@@H]1O[C@H](CO[C@@H]2O[C@H](CO)[C@H](O)C(O)C2O)[C@H](O)C(O)C1O. The average Bonchev–Trinajstić information content (AvgIpc) is 3.36. The average molecular weight is 1010 g/mol. The van der Waals surface area contributed by atoms with Crippen molar-refractivity contribution in [2.75, 3.05) is 26.4 Å². The van der Waals surface area contributed by atoms with Gasteiger partial charge < -0.3 is 64.2 Å². The molecule has 412 valence electrons. The summed E-state index contributed by atoms with van der Waals surface area (Å²) < 4.78 is 33.6. The number of aliphatic hydroxyl groups excluding tert-OH is 7. The minimum atomic E-state index is -1.77. The van der Waals surface area contributed by atoms with Crippen LogP contribution in [0.4, 0.5) is 0 Å². The van der Waals surface area contributed by atoms with Crippen LogP contribution in [0.3, 0.4) is 0 Å². The minimum absolute atomic E-state index is 0.139. The van der Waals surface area contributed by atoms with Gasteiger partial charge in [-0.2, -0.15) is 0 Å². The zero-order valence-corrected chi connectivity index (χ0v) is 43.7. The quantitative estimate of drug-likeness (QED) is 0.0172. The Morgan fingerprint density at radius 2 is 0.887 bits per heavy atom. The maximum absolute atomic E-state index is 13.0. The molecule has 15 nitrogen and oxygen atoms in total. The Kier molecular flexibility index (Phi) is 38.9. The molecule has 0 aliphatic carbocycles. The van der Waals surface area contributed by atoms with E-state index in [4.69, 9.17) is 28.4 Å². The van der Waals surface area contributed by atoms with Gasteiger partial charge in [0.1, 0.15) is 55.4 Å². The largest absolute Gasteiger partial charge is 0.462 e. The molecule has 0 spiro atoms. The zero-order chi connectivity index (χ0) is 51.7. The lowest BCUT2D eigenvalue weighted by Gasteiger charge is -2.42. The molecule has 11 atom stereocenters. The highest BCUT2D eigenvalue weighted by molar-refractivity contribution is 5.70. The van der Waals surface area contributed by atoms with Gasteiger partial charge in [0.25, 0.3) is 0 Å². The van der Waals surface area contributed by atoms with E-state index in [9.17, 15) is 45.3 Å². The van der Waals surface area contributed by atoms with Crippen LogP contribution in [0.5, 0.6) is 0 Å². The van der Waals surface area contributed by atoms with Crippen molar-refractivity contribution in [3.05, 3.63) is 48.6 Å². The van der Waals surface area contributed by atoms with Crippen LogP contribution in [-0.2, 0) is 38.0 Å². The van der Waals surface area contributed by atoms with Crippen molar-refractivity contribution in [2.24, 2.45) is 0 Å². The number of hydrogen-bond donors (Lipinski definition) is 7. The number of hydrogen-bond acceptors (Lipinski definition) is 15. The lowest BCUT2D eigenvalue weighted by atomic mass is 9.98. The van der Waals surface area contributed by atoms with Crippen molar-refractivity contribution in [1.82, 2.24) is 0 Å². The maximum atomic E-state index is 13.0. The molecule has 2 saturated heterocycles. The first kappa shape index (κ1) is 64.6. The molecule has 0 bridgehead atoms. The molecule has 2 aliphatic rings. The number of esters is 2. The molecule has 4 unspecified atom stereocenters. The van der Waals surface area contributed by atoms with Gasteiger partial charge >= 0.3 is 11.9 Å². The molecule has 2 rings (SSSR count). The van der Waals surface area contributed by atoms with Crippen LogP contribution < -0.4 is 0 Å². The summed E-state index contributed by atoms with van der Waals surface area (Å²) in [7, 11) is 0. The molecule has 2 fully saturated rings. The Bertz CT molecular complexity index is 1420. The number of carbonyl (C=O) groups excluding carboxylic acids is 2. The Morgan fingerprint density at radius 1 is 0.465 bits per heavy atom. The normalized spacial score (nSPS) is 25.5. The van der Waals surface area contributed by atoms with Gasteiger partial charge in [-0.3, -0.25) is 9.59 Å². The molecule has 0 radical (unpaired) electrons. The van der Waals surface area contributed by atoms with Crippen LogP contribution in [0.15, 0.2) is 48.6 Å². The molecule has 0 amide bonds. The van der Waals surface area contributed by atoms with Gasteiger partial charge in [-0.25, -0.2) is 0 Å². The lowest BCUT2D eigenvalue weighted by Crippen LogP contribution is -2.61. The number of rotatable bonds is 43. The van der Waals surface area contributed by atoms with Gasteiger partial charge in [-0.15, -0.1) is 0 Å². The predicted molar refractivity (Wildman–Crippen MR) is 275 cm³/mol. The van der Waals surface area contributed by atoms with E-state index in [1.807, 2.05) is 36.5 Å². The van der Waals surface area contributed by atoms with E-state index in [2.05, 4.69) is 26.0 Å². The summed E-state index contributed by atoms with van der Waals surface area (Å²) in [5.41, 5.74) is 0. The Labute approximate surface area is 427 Å². The number of carbonyl (C=O) groups is 2. The molecule has 15 heteroatoms. The van der Waals surface area contributed by atoms with E-state index in [0.29, 0.717) is 12.8 Å². The summed E-state index contributed by atoms with van der Waals surface area (Å²) in [4.78, 5) is 25.8. The monoisotopic (exact) mass is 1010 g/mol. The van der Waals surface area contributed by atoms with Crippen molar-refractivity contribution in [3.8, 4) is 0 Å². The molecule has 0 saturated carbocycles. The Balaban J connectivity index is 1.77. The predicted octanol–water partition coefficient (Wildman–Crippen LogP) is 8.66. The first-order chi connectivity index (χ1) is 34.5. The van der Waals surface area contributed by atoms with Gasteiger partial charge in [-0.05, 0) is 32.1 Å². The van der Waals surface area contributed by atoms with E-state index in [1.54, 1.807) is 0 Å². The summed E-state index contributed by atoms with van der Waals surface area (Å²) in [5.74, 6) is -0.946. The fourth-order valence-corrected chi connectivity index (χ4v) is 8.64. The Hall–Kier alpha value is -2.54. The topological polar surface area (TPSA) is 231 Å². The highest BCUT2D eigenvalue weighted by atomic mass is 16.7. The molecule has 7 N–H and O–H groups in total. The summed E-state index contributed by atoms with van der Waals surface area (Å²) in [6.07, 6.45) is 31.4. The minimum Gasteiger partial charge on any atom is -0.462 e. The van der Waals surface area contributed by atoms with E-state index >= 15 is 0 Å². The van der Waals surface area contributed by atoms with E-state index < -0.39 is 99.3 Å². The molecule has 71 heavy (non-hydrogen) atoms. The van der Waals surface area contributed by atoms with Gasteiger partial charge in [0.15, 0.2) is 18.7 Å². The van der Waals surface area contributed by atoms with Crippen molar-refractivity contribution in [1.29, 1.82) is 0 Å². The molecule has 2 heterocycles. The summed E-state index contributed by atoms with van der Waals surface area (Å²) >= 11 is 0. The number of unbranched alkanes of at least 4 members (excludes halogenated alkanes) is 24. The third kappa shape index (κ3) is 30.4. The maximum Gasteiger partial charge on any atom is 0.306 e. The lowest BCUT2D eigenvalue weighted by molar-refractivity contribution is -0.332. The molecule has 0 aromatic heterocycles. The first-order valence-corrected chi connectivity index (χ1v) is 27.8. The van der Waals surface area contributed by atoms with Gasteiger partial charge in [0.05, 0.1) is 19.8 Å². The highest BCUT2D eigenvalue weighted by Gasteiger charge is 2.47. The van der Waals surface area contributed by atoms with E-state index in [-0.39, 0.29) is 19.4 Å². The van der Waals surface area contributed by atoms with Crippen molar-refractivity contribution in [2.45, 2.75) is 268 Å². The summed E-state index contributed by atoms with van der Waals surface area (Å²) in [5, 5.41) is 72.2. The van der Waals surface area contributed by atoms with Gasteiger partial charge in [0, 0.05) is 12.8 Å². The second kappa shape index (κ2) is 42.8. The molecular formula is C56H98O15. The highest BCUT2D eigenvalue weighted by Crippen LogP contribution is 2.27. The van der Waals surface area contributed by atoms with Crippen LogP contribution >= 0.6 is 0 Å². The fraction of sp³-hybridized carbons (Fsp3) is 0.821. The van der Waals surface area contributed by atoms with E-state index in [0.717, 1.165) is 57.8 Å². The third-order valence-corrected chi connectivity index (χ3v) is 13.2. The van der Waals surface area contributed by atoms with Crippen LogP contribution in [0.1, 0.15) is 200 Å². The van der Waals surface area contributed by atoms with Crippen LogP contribution in [0.25, 0.3) is 0 Å². The number of ether oxygens (including phenoxy) is 6. The molecule has 0 aromatic carbocycles. The van der Waals surface area contributed by atoms with Crippen LogP contribution in [0, 0.1) is 0 Å². The standard InChI is InChI=1S/C56H98O15/c1-3-5-7-9-11-13-15-17-19-20-21-22-23-25-26-28-30-32-34-36-38-47(58)66-41-44(69-48(59)39-37-35-33-31-29-27-24-18-16-14-12-10-8-6-4-2)42-67-55-54(65)52(63)50(61)46(71-55)43-68-56-53(64)51(62)49(60)45(40-57)70-56/h6,8,10,12,14,16,18,24,44-46,49-57,60-65H,3-5,7,9,11,13,15,17,19-23,25-43H2,1-2H3/b8-6+,12-10+,16-14+,24-18+/t44-,45+,46+,49-,50-,51?,52?,53?,54?,55+,56+/m0/s1. The van der Waals surface area contributed by atoms with Crippen molar-refractivity contribution < 1.29 is 73.8 Å². The number of allylic oxidation sites excluding steroid dienone is 8. The fourth-order valence-electron chi connectivity index (χ4n) is 8.64. The van der Waals surface area contributed by atoms with Gasteiger partial charge in [0.2, 0.25) is 0 Å². The van der Waals surface area contributed by atoms with E-state index in [1.165, 1.54) is 103 Å². The second-order valence-electron chi connectivity index (χ2n) is 19.5.